The van der Waals surface area contributed by atoms with Crippen molar-refractivity contribution in [3.05, 3.63) is 57.4 Å². The third kappa shape index (κ3) is 5.53. The molecule has 0 aliphatic heterocycles. The predicted octanol–water partition coefficient (Wildman–Crippen LogP) is 2.88. The van der Waals surface area contributed by atoms with E-state index in [4.69, 9.17) is 16.3 Å². The van der Waals surface area contributed by atoms with Crippen molar-refractivity contribution in [1.82, 2.24) is 10.3 Å². The third-order valence-electron chi connectivity index (χ3n) is 4.03. The summed E-state index contributed by atoms with van der Waals surface area (Å²) in [5, 5.41) is 5.19. The van der Waals surface area contributed by atoms with Crippen LogP contribution in [0.1, 0.15) is 32.7 Å². The van der Waals surface area contributed by atoms with Crippen molar-refractivity contribution in [3.8, 4) is 0 Å². The van der Waals surface area contributed by atoms with Crippen LogP contribution in [0.5, 0.6) is 0 Å². The van der Waals surface area contributed by atoms with Gasteiger partial charge in [0, 0.05) is 11.4 Å². The molecule has 1 aromatic heterocycles. The fourth-order valence-corrected chi connectivity index (χ4v) is 3.02. The SMILES string of the molecule is Cc1cc(C)c(C(=O)OCC(=O)NCC(=O)Nc2c(C)cccc2C)c(Cl)n1. The zero-order valence-corrected chi connectivity index (χ0v) is 16.9. The summed E-state index contributed by atoms with van der Waals surface area (Å²) in [5.41, 5.74) is 3.96. The Morgan fingerprint density at radius 3 is 2.29 bits per heavy atom. The molecule has 0 aliphatic rings. The van der Waals surface area contributed by atoms with Crippen molar-refractivity contribution < 1.29 is 19.1 Å². The number of hydrogen-bond donors (Lipinski definition) is 2. The molecular formula is C20H22ClN3O4. The topological polar surface area (TPSA) is 97.4 Å². The van der Waals surface area contributed by atoms with Crippen molar-refractivity contribution in [3.63, 3.8) is 0 Å². The highest BCUT2D eigenvalue weighted by Gasteiger charge is 2.18. The first-order valence-electron chi connectivity index (χ1n) is 8.62. The number of amides is 2. The highest BCUT2D eigenvalue weighted by molar-refractivity contribution is 6.32. The average molecular weight is 404 g/mol. The van der Waals surface area contributed by atoms with E-state index in [1.54, 1.807) is 19.9 Å². The maximum absolute atomic E-state index is 12.2. The van der Waals surface area contributed by atoms with Crippen molar-refractivity contribution in [2.24, 2.45) is 0 Å². The molecule has 0 spiro atoms. The molecular weight excluding hydrogens is 382 g/mol. The van der Waals surface area contributed by atoms with Crippen LogP contribution in [0.15, 0.2) is 24.3 Å². The molecule has 2 rings (SSSR count). The number of esters is 1. The summed E-state index contributed by atoms with van der Waals surface area (Å²) in [6, 6.07) is 7.36. The highest BCUT2D eigenvalue weighted by Crippen LogP contribution is 2.20. The van der Waals surface area contributed by atoms with Gasteiger partial charge in [-0.2, -0.15) is 0 Å². The standard InChI is InChI=1S/C20H22ClN3O4/c1-11-6-5-7-12(2)18(11)24-15(25)9-22-16(26)10-28-20(27)17-13(3)8-14(4)23-19(17)21/h5-8H,9-10H2,1-4H3,(H,22,26)(H,24,25). The second-order valence-corrected chi connectivity index (χ2v) is 6.77. The lowest BCUT2D eigenvalue weighted by Crippen LogP contribution is -2.35. The van der Waals surface area contributed by atoms with Gasteiger partial charge in [0.05, 0.1) is 12.1 Å². The minimum Gasteiger partial charge on any atom is -0.452 e. The van der Waals surface area contributed by atoms with Crippen molar-refractivity contribution in [2.75, 3.05) is 18.5 Å². The lowest BCUT2D eigenvalue weighted by Gasteiger charge is -2.12. The fraction of sp³-hybridized carbons (Fsp3) is 0.300. The Balaban J connectivity index is 1.84. The summed E-state index contributed by atoms with van der Waals surface area (Å²) in [5.74, 6) is -1.72. The lowest BCUT2D eigenvalue weighted by atomic mass is 10.1. The van der Waals surface area contributed by atoms with E-state index < -0.39 is 18.5 Å². The molecule has 0 aliphatic carbocycles. The van der Waals surface area contributed by atoms with Crippen LogP contribution in [0.25, 0.3) is 0 Å². The van der Waals surface area contributed by atoms with E-state index in [1.165, 1.54) is 0 Å². The molecule has 0 atom stereocenters. The fourth-order valence-electron chi connectivity index (χ4n) is 2.66. The maximum Gasteiger partial charge on any atom is 0.342 e. The third-order valence-corrected chi connectivity index (χ3v) is 4.30. The molecule has 7 nitrogen and oxygen atoms in total. The lowest BCUT2D eigenvalue weighted by molar-refractivity contribution is -0.126. The van der Waals surface area contributed by atoms with Crippen LogP contribution in [0, 0.1) is 27.7 Å². The summed E-state index contributed by atoms with van der Waals surface area (Å²) in [6.45, 7) is 6.45. The van der Waals surface area contributed by atoms with E-state index in [9.17, 15) is 14.4 Å². The van der Waals surface area contributed by atoms with Gasteiger partial charge in [-0.05, 0) is 50.5 Å². The highest BCUT2D eigenvalue weighted by atomic mass is 35.5. The normalized spacial score (nSPS) is 10.3. The average Bonchev–Trinajstić information content (AvgIpc) is 2.60. The molecule has 0 saturated heterocycles. The summed E-state index contributed by atoms with van der Waals surface area (Å²) in [6.07, 6.45) is 0. The first kappa shape index (κ1) is 21.4. The number of halogens is 1. The molecule has 2 aromatic rings. The van der Waals surface area contributed by atoms with E-state index in [0.717, 1.165) is 11.1 Å². The minimum atomic E-state index is -0.745. The van der Waals surface area contributed by atoms with Crippen LogP contribution < -0.4 is 10.6 Å². The number of benzene rings is 1. The van der Waals surface area contributed by atoms with Gasteiger partial charge in [0.1, 0.15) is 5.15 Å². The summed E-state index contributed by atoms with van der Waals surface area (Å²) < 4.78 is 4.97. The van der Waals surface area contributed by atoms with E-state index >= 15 is 0 Å². The Hall–Kier alpha value is -2.93. The Bertz CT molecular complexity index is 884. The van der Waals surface area contributed by atoms with Crippen LogP contribution in [-0.4, -0.2) is 35.9 Å². The largest absolute Gasteiger partial charge is 0.452 e. The number of pyridine rings is 1. The Morgan fingerprint density at radius 1 is 1.04 bits per heavy atom. The number of hydrogen-bond acceptors (Lipinski definition) is 5. The van der Waals surface area contributed by atoms with Gasteiger partial charge in [-0.3, -0.25) is 9.59 Å². The number of carbonyl (C=O) groups excluding carboxylic acids is 3. The molecule has 2 N–H and O–H groups in total. The van der Waals surface area contributed by atoms with Gasteiger partial charge in [0.25, 0.3) is 5.91 Å². The zero-order chi connectivity index (χ0) is 20.8. The molecule has 0 fully saturated rings. The van der Waals surface area contributed by atoms with E-state index in [0.29, 0.717) is 16.9 Å². The number of anilines is 1. The van der Waals surface area contributed by atoms with Crippen LogP contribution in [0.2, 0.25) is 5.15 Å². The molecule has 0 unspecified atom stereocenters. The second kappa shape index (κ2) is 9.32. The molecule has 28 heavy (non-hydrogen) atoms. The number of rotatable bonds is 6. The van der Waals surface area contributed by atoms with Crippen molar-refractivity contribution >= 4 is 35.1 Å². The van der Waals surface area contributed by atoms with E-state index in [-0.39, 0.29) is 23.2 Å². The van der Waals surface area contributed by atoms with Gasteiger partial charge >= 0.3 is 5.97 Å². The number of para-hydroxylation sites is 1. The van der Waals surface area contributed by atoms with Gasteiger partial charge in [0.2, 0.25) is 5.91 Å². The summed E-state index contributed by atoms with van der Waals surface area (Å²) >= 11 is 5.98. The monoisotopic (exact) mass is 403 g/mol. The molecule has 1 heterocycles. The molecule has 2 amide bonds. The van der Waals surface area contributed by atoms with Crippen LogP contribution in [0.4, 0.5) is 5.69 Å². The second-order valence-electron chi connectivity index (χ2n) is 6.41. The van der Waals surface area contributed by atoms with Gasteiger partial charge in [-0.25, -0.2) is 9.78 Å². The number of aromatic nitrogens is 1. The molecule has 0 saturated carbocycles. The number of aryl methyl sites for hydroxylation is 4. The van der Waals surface area contributed by atoms with Gasteiger partial charge in [-0.15, -0.1) is 0 Å². The number of carbonyl (C=O) groups is 3. The van der Waals surface area contributed by atoms with E-state index in [2.05, 4.69) is 15.6 Å². The number of nitrogens with zero attached hydrogens (tertiary/aromatic N) is 1. The van der Waals surface area contributed by atoms with Gasteiger partial charge in [-0.1, -0.05) is 29.8 Å². The van der Waals surface area contributed by atoms with Crippen LogP contribution in [0.3, 0.4) is 0 Å². The smallest absolute Gasteiger partial charge is 0.342 e. The predicted molar refractivity (Wildman–Crippen MR) is 107 cm³/mol. The molecule has 0 bridgehead atoms. The van der Waals surface area contributed by atoms with Gasteiger partial charge < -0.3 is 15.4 Å². The summed E-state index contributed by atoms with van der Waals surface area (Å²) in [7, 11) is 0. The van der Waals surface area contributed by atoms with Crippen molar-refractivity contribution in [2.45, 2.75) is 27.7 Å². The molecule has 1 aromatic carbocycles. The first-order chi connectivity index (χ1) is 13.2. The Kier molecular flexibility index (Phi) is 7.12. The summed E-state index contributed by atoms with van der Waals surface area (Å²) in [4.78, 5) is 40.1. The van der Waals surface area contributed by atoms with Gasteiger partial charge in [0.15, 0.2) is 6.61 Å². The molecule has 8 heteroatoms. The van der Waals surface area contributed by atoms with Crippen molar-refractivity contribution in [1.29, 1.82) is 0 Å². The zero-order valence-electron chi connectivity index (χ0n) is 16.2. The van der Waals surface area contributed by atoms with Crippen LogP contribution >= 0.6 is 11.6 Å². The first-order valence-corrected chi connectivity index (χ1v) is 9.00. The number of nitrogens with one attached hydrogen (secondary N) is 2. The number of ether oxygens (including phenoxy) is 1. The quantitative estimate of drug-likeness (QED) is 0.571. The van der Waals surface area contributed by atoms with Crippen LogP contribution in [-0.2, 0) is 14.3 Å². The molecule has 148 valence electrons. The molecule has 0 radical (unpaired) electrons. The van der Waals surface area contributed by atoms with E-state index in [1.807, 2.05) is 32.0 Å². The Morgan fingerprint density at radius 2 is 1.68 bits per heavy atom. The maximum atomic E-state index is 12.2. The Labute approximate surface area is 168 Å². The minimum absolute atomic E-state index is 0.0240.